The van der Waals surface area contributed by atoms with Gasteiger partial charge in [-0.1, -0.05) is 38.1 Å². The maximum Gasteiger partial charge on any atom is 0.0502 e. The van der Waals surface area contributed by atoms with Gasteiger partial charge in [-0.2, -0.15) is 0 Å². The Morgan fingerprint density at radius 3 is 2.26 bits per heavy atom. The van der Waals surface area contributed by atoms with Crippen molar-refractivity contribution >= 4 is 0 Å². The smallest absolute Gasteiger partial charge is 0.0502 e. The van der Waals surface area contributed by atoms with Crippen LogP contribution in [0.5, 0.6) is 0 Å². The van der Waals surface area contributed by atoms with Gasteiger partial charge >= 0.3 is 0 Å². The molecule has 0 amide bonds. The Hall–Kier alpha value is -0.860. The van der Waals surface area contributed by atoms with E-state index >= 15 is 0 Å². The Balaban J connectivity index is 2.09. The molecule has 106 valence electrons. The molecule has 2 nitrogen and oxygen atoms in total. The van der Waals surface area contributed by atoms with E-state index in [2.05, 4.69) is 43.4 Å². The molecule has 1 aliphatic rings. The molecule has 2 unspecified atom stereocenters. The first-order chi connectivity index (χ1) is 9.26. The third kappa shape index (κ3) is 3.58. The predicted octanol–water partition coefficient (Wildman–Crippen LogP) is 3.28. The summed E-state index contributed by atoms with van der Waals surface area (Å²) in [7, 11) is 0. The van der Waals surface area contributed by atoms with Crippen LogP contribution in [0.15, 0.2) is 24.3 Å². The van der Waals surface area contributed by atoms with Crippen LogP contribution in [0.4, 0.5) is 0 Å². The molecule has 0 bridgehead atoms. The zero-order chi connectivity index (χ0) is 13.7. The van der Waals surface area contributed by atoms with Gasteiger partial charge in [-0.3, -0.25) is 0 Å². The second-order valence-corrected chi connectivity index (χ2v) is 5.85. The van der Waals surface area contributed by atoms with Crippen molar-refractivity contribution in [3.8, 4) is 0 Å². The minimum absolute atomic E-state index is 0.271. The van der Waals surface area contributed by atoms with Crippen molar-refractivity contribution < 1.29 is 5.11 Å². The first kappa shape index (κ1) is 14.5. The van der Waals surface area contributed by atoms with Crippen LogP contribution in [-0.2, 0) is 0 Å². The van der Waals surface area contributed by atoms with Crippen LogP contribution in [0.1, 0.15) is 56.1 Å². The molecule has 1 aromatic rings. The number of hydrogen-bond donors (Lipinski definition) is 2. The van der Waals surface area contributed by atoms with Gasteiger partial charge in [0.2, 0.25) is 0 Å². The van der Waals surface area contributed by atoms with E-state index in [1.807, 2.05) is 0 Å². The SMILES string of the molecule is CCC(C)c1ccc(C(CO)C2CCNCC2)cc1. The molecule has 2 rings (SSSR count). The number of rotatable bonds is 5. The Bertz CT molecular complexity index is 367. The minimum Gasteiger partial charge on any atom is -0.396 e. The number of piperidine rings is 1. The second-order valence-electron chi connectivity index (χ2n) is 5.85. The third-order valence-electron chi connectivity index (χ3n) is 4.70. The highest BCUT2D eigenvalue weighted by Crippen LogP contribution is 2.31. The lowest BCUT2D eigenvalue weighted by atomic mass is 9.80. The molecule has 1 aliphatic heterocycles. The van der Waals surface area contributed by atoms with E-state index in [-0.39, 0.29) is 6.61 Å². The highest BCUT2D eigenvalue weighted by Gasteiger charge is 2.24. The number of hydrogen-bond acceptors (Lipinski definition) is 2. The predicted molar refractivity (Wildman–Crippen MR) is 80.6 cm³/mol. The van der Waals surface area contributed by atoms with Crippen molar-refractivity contribution in [2.75, 3.05) is 19.7 Å². The lowest BCUT2D eigenvalue weighted by Gasteiger charge is -2.30. The van der Waals surface area contributed by atoms with E-state index in [0.29, 0.717) is 17.8 Å². The molecule has 0 spiro atoms. The minimum atomic E-state index is 0.271. The molecule has 1 heterocycles. The Morgan fingerprint density at radius 2 is 1.74 bits per heavy atom. The van der Waals surface area contributed by atoms with Gasteiger partial charge in [-0.25, -0.2) is 0 Å². The lowest BCUT2D eigenvalue weighted by Crippen LogP contribution is -2.32. The highest BCUT2D eigenvalue weighted by molar-refractivity contribution is 5.28. The van der Waals surface area contributed by atoms with Gasteiger partial charge in [-0.05, 0) is 55.3 Å². The molecular weight excluding hydrogens is 234 g/mol. The molecule has 2 heteroatoms. The highest BCUT2D eigenvalue weighted by atomic mass is 16.3. The van der Waals surface area contributed by atoms with Crippen LogP contribution in [0, 0.1) is 5.92 Å². The summed E-state index contributed by atoms with van der Waals surface area (Å²) in [5, 5.41) is 13.1. The number of benzene rings is 1. The number of aliphatic hydroxyl groups is 1. The van der Waals surface area contributed by atoms with Crippen molar-refractivity contribution in [3.63, 3.8) is 0 Å². The molecule has 0 radical (unpaired) electrons. The van der Waals surface area contributed by atoms with Crippen molar-refractivity contribution in [3.05, 3.63) is 35.4 Å². The fourth-order valence-corrected chi connectivity index (χ4v) is 3.08. The fourth-order valence-electron chi connectivity index (χ4n) is 3.08. The summed E-state index contributed by atoms with van der Waals surface area (Å²) < 4.78 is 0. The summed E-state index contributed by atoms with van der Waals surface area (Å²) in [4.78, 5) is 0. The molecular formula is C17H27NO. The third-order valence-corrected chi connectivity index (χ3v) is 4.70. The monoisotopic (exact) mass is 261 g/mol. The normalized spacial score (nSPS) is 20.2. The maximum atomic E-state index is 9.74. The van der Waals surface area contributed by atoms with E-state index in [9.17, 15) is 5.11 Å². The summed E-state index contributed by atoms with van der Waals surface area (Å²) in [5.74, 6) is 1.56. The zero-order valence-electron chi connectivity index (χ0n) is 12.2. The molecule has 1 saturated heterocycles. The quantitative estimate of drug-likeness (QED) is 0.852. The molecule has 0 saturated carbocycles. The summed E-state index contributed by atoms with van der Waals surface area (Å²) in [6.45, 7) is 6.95. The fraction of sp³-hybridized carbons (Fsp3) is 0.647. The van der Waals surface area contributed by atoms with Crippen LogP contribution in [0.3, 0.4) is 0 Å². The summed E-state index contributed by atoms with van der Waals surface area (Å²) in [6, 6.07) is 8.94. The average Bonchev–Trinajstić information content (AvgIpc) is 2.49. The standard InChI is InChI=1S/C17H27NO/c1-3-13(2)14-4-6-15(7-5-14)17(12-19)16-8-10-18-11-9-16/h4-7,13,16-19H,3,8-12H2,1-2H3. The Morgan fingerprint density at radius 1 is 1.16 bits per heavy atom. The van der Waals surface area contributed by atoms with Gasteiger partial charge in [-0.15, -0.1) is 0 Å². The Labute approximate surface area is 117 Å². The summed E-state index contributed by atoms with van der Waals surface area (Å²) in [6.07, 6.45) is 3.54. The van der Waals surface area contributed by atoms with Gasteiger partial charge in [0.15, 0.2) is 0 Å². The van der Waals surface area contributed by atoms with Crippen molar-refractivity contribution in [2.45, 2.75) is 44.9 Å². The van der Waals surface area contributed by atoms with Crippen LogP contribution in [0.25, 0.3) is 0 Å². The van der Waals surface area contributed by atoms with Gasteiger partial charge in [0.1, 0.15) is 0 Å². The number of nitrogens with one attached hydrogen (secondary N) is 1. The van der Waals surface area contributed by atoms with Crippen LogP contribution >= 0.6 is 0 Å². The van der Waals surface area contributed by atoms with E-state index in [4.69, 9.17) is 0 Å². The van der Waals surface area contributed by atoms with Crippen molar-refractivity contribution in [1.82, 2.24) is 5.32 Å². The number of aliphatic hydroxyl groups excluding tert-OH is 1. The summed E-state index contributed by atoms with van der Waals surface area (Å²) >= 11 is 0. The van der Waals surface area contributed by atoms with Gasteiger partial charge in [0.05, 0.1) is 6.61 Å². The molecule has 2 N–H and O–H groups in total. The first-order valence-electron chi connectivity index (χ1n) is 7.67. The lowest BCUT2D eigenvalue weighted by molar-refractivity contribution is 0.201. The van der Waals surface area contributed by atoms with Gasteiger partial charge < -0.3 is 10.4 Å². The van der Waals surface area contributed by atoms with Crippen molar-refractivity contribution in [1.29, 1.82) is 0 Å². The second kappa shape index (κ2) is 7.06. The molecule has 0 aromatic heterocycles. The maximum absolute atomic E-state index is 9.74. The van der Waals surface area contributed by atoms with E-state index in [1.165, 1.54) is 30.4 Å². The molecule has 19 heavy (non-hydrogen) atoms. The van der Waals surface area contributed by atoms with E-state index in [1.54, 1.807) is 0 Å². The summed E-state index contributed by atoms with van der Waals surface area (Å²) in [5.41, 5.74) is 2.72. The van der Waals surface area contributed by atoms with E-state index < -0.39 is 0 Å². The molecule has 0 aliphatic carbocycles. The zero-order valence-corrected chi connectivity index (χ0v) is 12.2. The topological polar surface area (TPSA) is 32.3 Å². The van der Waals surface area contributed by atoms with Crippen LogP contribution < -0.4 is 5.32 Å². The average molecular weight is 261 g/mol. The molecule has 1 fully saturated rings. The first-order valence-corrected chi connectivity index (χ1v) is 7.67. The largest absolute Gasteiger partial charge is 0.396 e. The molecule has 1 aromatic carbocycles. The van der Waals surface area contributed by atoms with E-state index in [0.717, 1.165) is 13.1 Å². The molecule has 2 atom stereocenters. The van der Waals surface area contributed by atoms with Crippen LogP contribution in [0.2, 0.25) is 0 Å². The van der Waals surface area contributed by atoms with Crippen molar-refractivity contribution in [2.24, 2.45) is 5.92 Å². The van der Waals surface area contributed by atoms with Crippen LogP contribution in [-0.4, -0.2) is 24.8 Å². The Kier molecular flexibility index (Phi) is 5.41. The van der Waals surface area contributed by atoms with Gasteiger partial charge in [0.25, 0.3) is 0 Å². The van der Waals surface area contributed by atoms with Gasteiger partial charge in [0, 0.05) is 5.92 Å².